The highest BCUT2D eigenvalue weighted by atomic mass is 16.5. The molecule has 0 aromatic carbocycles. The van der Waals surface area contributed by atoms with Gasteiger partial charge in [0, 0.05) is 13.5 Å². The molecule has 3 nitrogen and oxygen atoms in total. The zero-order valence-corrected chi connectivity index (χ0v) is 6.18. The van der Waals surface area contributed by atoms with Crippen LogP contribution in [0.1, 0.15) is 19.8 Å². The number of aliphatic hydroxyl groups is 1. The van der Waals surface area contributed by atoms with Crippen LogP contribution in [-0.4, -0.2) is 25.3 Å². The van der Waals surface area contributed by atoms with Crippen LogP contribution in [0.2, 0.25) is 0 Å². The fourth-order valence-corrected chi connectivity index (χ4v) is 0.306. The minimum absolute atomic E-state index is 0.123. The SMILES string of the molecule is CCCC(=O)OC.CO. The summed E-state index contributed by atoms with van der Waals surface area (Å²) in [6.07, 6.45) is 1.41. The second kappa shape index (κ2) is 10.4. The van der Waals surface area contributed by atoms with E-state index >= 15 is 0 Å². The van der Waals surface area contributed by atoms with Crippen LogP contribution < -0.4 is 0 Å². The first-order chi connectivity index (χ1) is 4.31. The molecule has 0 aliphatic carbocycles. The van der Waals surface area contributed by atoms with Crippen LogP contribution in [0.5, 0.6) is 0 Å². The Balaban J connectivity index is 0. The summed E-state index contributed by atoms with van der Waals surface area (Å²) >= 11 is 0. The highest BCUT2D eigenvalue weighted by Crippen LogP contribution is 1.86. The fourth-order valence-electron chi connectivity index (χ4n) is 0.306. The third kappa shape index (κ3) is 11.2. The maximum absolute atomic E-state index is 10.2. The van der Waals surface area contributed by atoms with Crippen molar-refractivity contribution in [1.82, 2.24) is 0 Å². The largest absolute Gasteiger partial charge is 0.469 e. The number of carbonyl (C=O) groups excluding carboxylic acids is 1. The topological polar surface area (TPSA) is 46.5 Å². The molecule has 9 heavy (non-hydrogen) atoms. The van der Waals surface area contributed by atoms with Gasteiger partial charge in [0.25, 0.3) is 0 Å². The summed E-state index contributed by atoms with van der Waals surface area (Å²) in [7, 11) is 2.40. The van der Waals surface area contributed by atoms with Crippen molar-refractivity contribution in [2.75, 3.05) is 14.2 Å². The third-order valence-corrected chi connectivity index (χ3v) is 0.682. The fraction of sp³-hybridized carbons (Fsp3) is 0.833. The first-order valence-corrected chi connectivity index (χ1v) is 2.82. The van der Waals surface area contributed by atoms with E-state index in [1.807, 2.05) is 6.92 Å². The van der Waals surface area contributed by atoms with E-state index in [1.54, 1.807) is 0 Å². The molecular formula is C6H14O3. The van der Waals surface area contributed by atoms with Gasteiger partial charge in [0.15, 0.2) is 0 Å². The Morgan fingerprint density at radius 1 is 1.56 bits per heavy atom. The number of carbonyl (C=O) groups is 1. The molecule has 0 atom stereocenters. The average Bonchev–Trinajstić information content (AvgIpc) is 1.93. The van der Waals surface area contributed by atoms with Gasteiger partial charge in [-0.3, -0.25) is 4.79 Å². The lowest BCUT2D eigenvalue weighted by atomic mass is 10.3. The van der Waals surface area contributed by atoms with E-state index in [-0.39, 0.29) is 5.97 Å². The van der Waals surface area contributed by atoms with Crippen molar-refractivity contribution in [3.8, 4) is 0 Å². The Bertz CT molecular complexity index is 61.3. The Labute approximate surface area is 55.6 Å². The third-order valence-electron chi connectivity index (χ3n) is 0.682. The molecule has 0 aromatic rings. The highest BCUT2D eigenvalue weighted by molar-refractivity contribution is 5.68. The van der Waals surface area contributed by atoms with Gasteiger partial charge in [0.1, 0.15) is 0 Å². The Morgan fingerprint density at radius 3 is 2.11 bits per heavy atom. The molecule has 0 radical (unpaired) electrons. The first-order valence-electron chi connectivity index (χ1n) is 2.82. The highest BCUT2D eigenvalue weighted by Gasteiger charge is 1.92. The second-order valence-corrected chi connectivity index (χ2v) is 1.33. The van der Waals surface area contributed by atoms with Crippen molar-refractivity contribution in [3.63, 3.8) is 0 Å². The molecular weight excluding hydrogens is 120 g/mol. The van der Waals surface area contributed by atoms with Gasteiger partial charge in [-0.2, -0.15) is 0 Å². The van der Waals surface area contributed by atoms with Crippen molar-refractivity contribution in [2.45, 2.75) is 19.8 Å². The predicted octanol–water partition coefficient (Wildman–Crippen LogP) is 0.568. The van der Waals surface area contributed by atoms with Gasteiger partial charge in [-0.15, -0.1) is 0 Å². The van der Waals surface area contributed by atoms with Crippen molar-refractivity contribution in [2.24, 2.45) is 0 Å². The van der Waals surface area contributed by atoms with Crippen LogP contribution in [0.15, 0.2) is 0 Å². The number of hydrogen-bond acceptors (Lipinski definition) is 3. The molecule has 0 aromatic heterocycles. The standard InChI is InChI=1S/C5H10O2.CH4O/c1-3-4-5(6)7-2;1-2/h3-4H2,1-2H3;2H,1H3. The lowest BCUT2D eigenvalue weighted by molar-refractivity contribution is -0.140. The van der Waals surface area contributed by atoms with Crippen LogP contribution in [0.25, 0.3) is 0 Å². The molecule has 0 aliphatic heterocycles. The number of methoxy groups -OCH3 is 1. The van der Waals surface area contributed by atoms with Crippen molar-refractivity contribution in [1.29, 1.82) is 0 Å². The molecule has 0 saturated carbocycles. The van der Waals surface area contributed by atoms with Crippen molar-refractivity contribution >= 4 is 5.97 Å². The van der Waals surface area contributed by atoms with E-state index in [1.165, 1.54) is 7.11 Å². The van der Waals surface area contributed by atoms with Gasteiger partial charge in [-0.05, 0) is 6.42 Å². The number of ether oxygens (including phenoxy) is 1. The second-order valence-electron chi connectivity index (χ2n) is 1.33. The molecule has 0 heterocycles. The van der Waals surface area contributed by atoms with Gasteiger partial charge in [0.05, 0.1) is 7.11 Å². The van der Waals surface area contributed by atoms with Crippen LogP contribution in [-0.2, 0) is 9.53 Å². The number of esters is 1. The zero-order chi connectivity index (χ0) is 7.70. The van der Waals surface area contributed by atoms with Gasteiger partial charge < -0.3 is 9.84 Å². The summed E-state index contributed by atoms with van der Waals surface area (Å²) in [5.74, 6) is -0.123. The van der Waals surface area contributed by atoms with Crippen LogP contribution in [0, 0.1) is 0 Å². The Morgan fingerprint density at radius 2 is 2.00 bits per heavy atom. The van der Waals surface area contributed by atoms with E-state index in [9.17, 15) is 4.79 Å². The summed E-state index contributed by atoms with van der Waals surface area (Å²) in [5, 5.41) is 7.00. The van der Waals surface area contributed by atoms with Gasteiger partial charge in [-0.25, -0.2) is 0 Å². The molecule has 0 rings (SSSR count). The van der Waals surface area contributed by atoms with E-state index in [2.05, 4.69) is 4.74 Å². The van der Waals surface area contributed by atoms with E-state index in [4.69, 9.17) is 5.11 Å². The summed E-state index contributed by atoms with van der Waals surface area (Å²) < 4.78 is 4.35. The zero-order valence-electron chi connectivity index (χ0n) is 6.18. The molecule has 0 unspecified atom stereocenters. The Hall–Kier alpha value is -0.570. The van der Waals surface area contributed by atoms with Crippen LogP contribution >= 0.6 is 0 Å². The molecule has 0 amide bonds. The van der Waals surface area contributed by atoms with E-state index in [0.717, 1.165) is 13.5 Å². The van der Waals surface area contributed by atoms with Crippen molar-refractivity contribution in [3.05, 3.63) is 0 Å². The van der Waals surface area contributed by atoms with Crippen LogP contribution in [0.4, 0.5) is 0 Å². The molecule has 56 valence electrons. The summed E-state index contributed by atoms with van der Waals surface area (Å²) in [4.78, 5) is 10.2. The van der Waals surface area contributed by atoms with E-state index in [0.29, 0.717) is 6.42 Å². The lowest BCUT2D eigenvalue weighted by Gasteiger charge is -1.91. The summed E-state index contributed by atoms with van der Waals surface area (Å²) in [6, 6.07) is 0. The monoisotopic (exact) mass is 134 g/mol. The predicted molar refractivity (Wildman–Crippen MR) is 35.1 cm³/mol. The molecule has 0 fully saturated rings. The molecule has 0 saturated heterocycles. The molecule has 0 bridgehead atoms. The minimum atomic E-state index is -0.123. The maximum atomic E-state index is 10.2. The summed E-state index contributed by atoms with van der Waals surface area (Å²) in [5.41, 5.74) is 0. The summed E-state index contributed by atoms with van der Waals surface area (Å²) in [6.45, 7) is 1.94. The molecule has 0 spiro atoms. The first kappa shape index (κ1) is 11.3. The molecule has 0 aliphatic rings. The molecule has 3 heteroatoms. The maximum Gasteiger partial charge on any atom is 0.305 e. The lowest BCUT2D eigenvalue weighted by Crippen LogP contribution is -1.97. The number of rotatable bonds is 2. The minimum Gasteiger partial charge on any atom is -0.469 e. The molecule has 1 N–H and O–H groups in total. The quantitative estimate of drug-likeness (QED) is 0.561. The van der Waals surface area contributed by atoms with E-state index < -0.39 is 0 Å². The normalized spacial score (nSPS) is 7.11. The van der Waals surface area contributed by atoms with Gasteiger partial charge in [0.2, 0.25) is 0 Å². The Kier molecular flexibility index (Phi) is 13.0. The van der Waals surface area contributed by atoms with Crippen LogP contribution in [0.3, 0.4) is 0 Å². The number of hydrogen-bond donors (Lipinski definition) is 1. The smallest absolute Gasteiger partial charge is 0.305 e. The van der Waals surface area contributed by atoms with Crippen molar-refractivity contribution < 1.29 is 14.6 Å². The van der Waals surface area contributed by atoms with Gasteiger partial charge >= 0.3 is 5.97 Å². The average molecular weight is 134 g/mol. The number of aliphatic hydroxyl groups excluding tert-OH is 1. The van der Waals surface area contributed by atoms with Gasteiger partial charge in [-0.1, -0.05) is 6.92 Å².